The highest BCUT2D eigenvalue weighted by atomic mass is 32.2. The van der Waals surface area contributed by atoms with Gasteiger partial charge in [0.15, 0.2) is 4.96 Å². The van der Waals surface area contributed by atoms with E-state index in [4.69, 9.17) is 0 Å². The minimum absolute atomic E-state index is 0.0970. The molecule has 4 aromatic rings. The maximum absolute atomic E-state index is 13.4. The van der Waals surface area contributed by atoms with Crippen molar-refractivity contribution in [3.05, 3.63) is 71.5 Å². The number of sulfonamides is 1. The molecule has 2 aromatic carbocycles. The molecule has 1 aliphatic rings. The largest absolute Gasteiger partial charge is 0.306 e. The third-order valence-corrected chi connectivity index (χ3v) is 8.06. The average Bonchev–Trinajstić information content (AvgIpc) is 3.54. The number of nitrogens with zero attached hydrogens (tertiary/aromatic N) is 3. The van der Waals surface area contributed by atoms with Crippen molar-refractivity contribution in [1.29, 1.82) is 0 Å². The molecule has 164 valence electrons. The van der Waals surface area contributed by atoms with Gasteiger partial charge in [-0.1, -0.05) is 6.07 Å². The van der Waals surface area contributed by atoms with E-state index in [1.807, 2.05) is 5.38 Å². The van der Waals surface area contributed by atoms with Crippen LogP contribution < -0.4 is 5.32 Å². The first-order valence-corrected chi connectivity index (χ1v) is 12.4. The van der Waals surface area contributed by atoms with E-state index >= 15 is 0 Å². The van der Waals surface area contributed by atoms with E-state index in [1.54, 1.807) is 34.9 Å². The standard InChI is InChI=1S/C22H19FN4O3S2/c23-17-8-6-15(7-9-17)19-20(27-12-13-31-22(27)24-19)25-21(28)16-4-3-5-18(14-16)32(29,30)26-10-1-2-11-26/h3-9,12-14H,1-2,10-11H2,(H,25,28). The lowest BCUT2D eigenvalue weighted by Crippen LogP contribution is -2.28. The number of rotatable bonds is 5. The number of carbonyl (C=O) groups is 1. The number of aromatic nitrogens is 2. The van der Waals surface area contributed by atoms with Crippen molar-refractivity contribution in [2.45, 2.75) is 17.7 Å². The molecule has 0 spiro atoms. The van der Waals surface area contributed by atoms with Crippen molar-refractivity contribution in [3.8, 4) is 11.3 Å². The first-order valence-electron chi connectivity index (χ1n) is 10.1. The molecule has 3 heterocycles. The van der Waals surface area contributed by atoms with E-state index in [-0.39, 0.29) is 16.3 Å². The van der Waals surface area contributed by atoms with E-state index in [1.165, 1.54) is 39.9 Å². The van der Waals surface area contributed by atoms with Crippen LogP contribution in [0.25, 0.3) is 16.2 Å². The monoisotopic (exact) mass is 470 g/mol. The van der Waals surface area contributed by atoms with Crippen LogP contribution >= 0.6 is 11.3 Å². The van der Waals surface area contributed by atoms with E-state index in [2.05, 4.69) is 10.3 Å². The molecule has 32 heavy (non-hydrogen) atoms. The number of hydrogen-bond acceptors (Lipinski definition) is 5. The molecule has 10 heteroatoms. The topological polar surface area (TPSA) is 83.8 Å². The lowest BCUT2D eigenvalue weighted by molar-refractivity contribution is 0.102. The summed E-state index contributed by atoms with van der Waals surface area (Å²) in [6.45, 7) is 0.984. The van der Waals surface area contributed by atoms with E-state index in [0.29, 0.717) is 35.1 Å². The quantitative estimate of drug-likeness (QED) is 0.473. The summed E-state index contributed by atoms with van der Waals surface area (Å²) in [5.74, 6) is -0.387. The van der Waals surface area contributed by atoms with E-state index in [0.717, 1.165) is 12.8 Å². The van der Waals surface area contributed by atoms with E-state index < -0.39 is 15.9 Å². The molecule has 0 atom stereocenters. The van der Waals surface area contributed by atoms with Crippen LogP contribution in [-0.2, 0) is 10.0 Å². The van der Waals surface area contributed by atoms with E-state index in [9.17, 15) is 17.6 Å². The molecule has 1 N–H and O–H groups in total. The van der Waals surface area contributed by atoms with Gasteiger partial charge in [0.25, 0.3) is 5.91 Å². The Balaban J connectivity index is 1.49. The Kier molecular flexibility index (Phi) is 5.28. The summed E-state index contributed by atoms with van der Waals surface area (Å²) in [6.07, 6.45) is 3.46. The van der Waals surface area contributed by atoms with Gasteiger partial charge in [0, 0.05) is 35.8 Å². The Labute approximate surface area is 188 Å². The van der Waals surface area contributed by atoms with Gasteiger partial charge in [0.1, 0.15) is 17.3 Å². The van der Waals surface area contributed by atoms with Crippen molar-refractivity contribution in [1.82, 2.24) is 13.7 Å². The third-order valence-electron chi connectivity index (χ3n) is 5.41. The van der Waals surface area contributed by atoms with Crippen LogP contribution in [0.15, 0.2) is 65.0 Å². The number of carbonyl (C=O) groups excluding carboxylic acids is 1. The number of halogens is 1. The first-order chi connectivity index (χ1) is 15.4. The fourth-order valence-electron chi connectivity index (χ4n) is 3.77. The lowest BCUT2D eigenvalue weighted by atomic mass is 10.1. The van der Waals surface area contributed by atoms with Crippen molar-refractivity contribution in [3.63, 3.8) is 0 Å². The van der Waals surface area contributed by atoms with Crippen molar-refractivity contribution >= 4 is 38.0 Å². The molecule has 0 bridgehead atoms. The van der Waals surface area contributed by atoms with Crippen LogP contribution in [0.1, 0.15) is 23.2 Å². The molecular weight excluding hydrogens is 451 g/mol. The highest BCUT2D eigenvalue weighted by Crippen LogP contribution is 2.31. The van der Waals surface area contributed by atoms with Crippen LogP contribution in [0.5, 0.6) is 0 Å². The molecule has 0 saturated carbocycles. The number of amides is 1. The minimum Gasteiger partial charge on any atom is -0.306 e. The first kappa shape index (κ1) is 20.8. The molecular formula is C22H19FN4O3S2. The fourth-order valence-corrected chi connectivity index (χ4v) is 6.05. The molecule has 7 nitrogen and oxygen atoms in total. The van der Waals surface area contributed by atoms with Gasteiger partial charge in [-0.2, -0.15) is 4.31 Å². The summed E-state index contributed by atoms with van der Waals surface area (Å²) in [5.41, 5.74) is 1.38. The molecule has 1 aliphatic heterocycles. The van der Waals surface area contributed by atoms with Crippen molar-refractivity contribution in [2.24, 2.45) is 0 Å². The van der Waals surface area contributed by atoms with Gasteiger partial charge in [-0.3, -0.25) is 9.20 Å². The second kappa shape index (κ2) is 8.12. The molecule has 0 unspecified atom stereocenters. The predicted octanol–water partition coefficient (Wildman–Crippen LogP) is 4.24. The summed E-state index contributed by atoms with van der Waals surface area (Å²) in [4.78, 5) is 18.4. The van der Waals surface area contributed by atoms with Gasteiger partial charge in [-0.05, 0) is 55.3 Å². The van der Waals surface area contributed by atoms with Crippen LogP contribution in [0, 0.1) is 5.82 Å². The van der Waals surface area contributed by atoms with Crippen LogP contribution in [-0.4, -0.2) is 41.1 Å². The van der Waals surface area contributed by atoms with Gasteiger partial charge in [-0.15, -0.1) is 11.3 Å². The zero-order chi connectivity index (χ0) is 22.3. The number of anilines is 1. The van der Waals surface area contributed by atoms with Crippen LogP contribution in [0.3, 0.4) is 0 Å². The number of thiazole rings is 1. The van der Waals surface area contributed by atoms with Crippen molar-refractivity contribution < 1.29 is 17.6 Å². The number of benzene rings is 2. The summed E-state index contributed by atoms with van der Waals surface area (Å²) < 4.78 is 42.3. The Morgan fingerprint density at radius 3 is 2.59 bits per heavy atom. The summed E-state index contributed by atoms with van der Waals surface area (Å²) in [6, 6.07) is 11.9. The second-order valence-corrected chi connectivity index (χ2v) is 10.3. The Hall–Kier alpha value is -3.08. The van der Waals surface area contributed by atoms with Gasteiger partial charge >= 0.3 is 0 Å². The highest BCUT2D eigenvalue weighted by Gasteiger charge is 2.28. The lowest BCUT2D eigenvalue weighted by Gasteiger charge is -2.16. The maximum Gasteiger partial charge on any atom is 0.256 e. The van der Waals surface area contributed by atoms with Gasteiger partial charge in [-0.25, -0.2) is 17.8 Å². The number of fused-ring (bicyclic) bond motifs is 1. The summed E-state index contributed by atoms with van der Waals surface area (Å²) in [7, 11) is -3.64. The van der Waals surface area contributed by atoms with Gasteiger partial charge in [0.05, 0.1) is 4.90 Å². The van der Waals surface area contributed by atoms with Crippen LogP contribution in [0.2, 0.25) is 0 Å². The van der Waals surface area contributed by atoms with Crippen molar-refractivity contribution in [2.75, 3.05) is 18.4 Å². The Morgan fingerprint density at radius 2 is 1.84 bits per heavy atom. The molecule has 5 rings (SSSR count). The molecule has 2 aromatic heterocycles. The van der Waals surface area contributed by atoms with Gasteiger partial charge < -0.3 is 5.32 Å². The third kappa shape index (κ3) is 3.70. The zero-order valence-electron chi connectivity index (χ0n) is 16.9. The molecule has 1 fully saturated rings. The molecule has 1 saturated heterocycles. The predicted molar refractivity (Wildman–Crippen MR) is 121 cm³/mol. The maximum atomic E-state index is 13.4. The Morgan fingerprint density at radius 1 is 1.09 bits per heavy atom. The summed E-state index contributed by atoms with van der Waals surface area (Å²) >= 11 is 1.40. The SMILES string of the molecule is O=C(Nc1c(-c2ccc(F)cc2)nc2sccn12)c1cccc(S(=O)(=O)N2CCCC2)c1. The number of imidazole rings is 1. The van der Waals surface area contributed by atoms with Gasteiger partial charge in [0.2, 0.25) is 10.0 Å². The number of nitrogens with one attached hydrogen (secondary N) is 1. The second-order valence-electron chi connectivity index (χ2n) is 7.46. The molecule has 0 aliphatic carbocycles. The molecule has 0 radical (unpaired) electrons. The average molecular weight is 471 g/mol. The Bertz CT molecular complexity index is 1400. The highest BCUT2D eigenvalue weighted by molar-refractivity contribution is 7.89. The smallest absolute Gasteiger partial charge is 0.256 e. The summed E-state index contributed by atoms with van der Waals surface area (Å²) in [5, 5.41) is 4.71. The zero-order valence-corrected chi connectivity index (χ0v) is 18.5. The number of hydrogen-bond donors (Lipinski definition) is 1. The minimum atomic E-state index is -3.64. The normalized spacial score (nSPS) is 14.8. The van der Waals surface area contributed by atoms with Crippen LogP contribution in [0.4, 0.5) is 10.2 Å². The fraction of sp³-hybridized carbons (Fsp3) is 0.182. The molecule has 1 amide bonds.